The number of carbonyl (C=O) groups excluding carboxylic acids is 1. The number of hydrogen-bond acceptors (Lipinski definition) is 7. The van der Waals surface area contributed by atoms with Crippen molar-refractivity contribution in [3.63, 3.8) is 0 Å². The van der Waals surface area contributed by atoms with E-state index in [0.717, 1.165) is 171 Å². The zero-order chi connectivity index (χ0) is 42.6. The highest BCUT2D eigenvalue weighted by Gasteiger charge is 2.55. The summed E-state index contributed by atoms with van der Waals surface area (Å²) in [6.07, 6.45) is 22.7. The Morgan fingerprint density at radius 1 is 0.410 bits per heavy atom. The van der Waals surface area contributed by atoms with E-state index in [0.29, 0.717) is 62.3 Å². The Kier molecular flexibility index (Phi) is 16.3. The first kappa shape index (κ1) is 45.2. The van der Waals surface area contributed by atoms with Gasteiger partial charge in [-0.15, -0.1) is 0 Å². The van der Waals surface area contributed by atoms with Gasteiger partial charge in [0.25, 0.3) is 0 Å². The molecule has 4 aromatic rings. The maximum absolute atomic E-state index is 14.6. The Bertz CT molecular complexity index is 1970. The molecule has 4 fully saturated rings. The van der Waals surface area contributed by atoms with Crippen LogP contribution >= 0.6 is 0 Å². The van der Waals surface area contributed by atoms with Gasteiger partial charge in [-0.3, -0.25) is 4.79 Å². The van der Waals surface area contributed by atoms with Crippen LogP contribution in [0.1, 0.15) is 169 Å². The van der Waals surface area contributed by atoms with Gasteiger partial charge in [0.15, 0.2) is 34.5 Å². The van der Waals surface area contributed by atoms with Gasteiger partial charge in [-0.2, -0.15) is 0 Å². The van der Waals surface area contributed by atoms with Crippen LogP contribution in [0.3, 0.4) is 0 Å². The first-order valence-electron chi connectivity index (χ1n) is 24.8. The Morgan fingerprint density at radius 2 is 0.656 bits per heavy atom. The van der Waals surface area contributed by atoms with Crippen LogP contribution in [-0.2, 0) is 4.79 Å². The molecular formula is C54H76O7. The lowest BCUT2D eigenvalue weighted by molar-refractivity contribution is -0.161. The predicted molar refractivity (Wildman–Crippen MR) is 250 cm³/mol. The summed E-state index contributed by atoms with van der Waals surface area (Å²) in [7, 11) is 0. The molecule has 61 heavy (non-hydrogen) atoms. The number of fused-ring (bicyclic) bond motifs is 6. The minimum atomic E-state index is -0.393. The van der Waals surface area contributed by atoms with Crippen LogP contribution in [0.4, 0.5) is 0 Å². The number of rotatable bonds is 27. The molecule has 8 rings (SSSR count). The lowest BCUT2D eigenvalue weighted by Crippen LogP contribution is -2.51. The topological polar surface area (TPSA) is 72.5 Å². The monoisotopic (exact) mass is 837 g/mol. The highest BCUT2D eigenvalue weighted by Crippen LogP contribution is 2.60. The van der Waals surface area contributed by atoms with Gasteiger partial charge in [-0.25, -0.2) is 0 Å². The molecule has 0 heterocycles. The largest absolute Gasteiger partial charge is 0.490 e. The van der Waals surface area contributed by atoms with E-state index in [2.05, 4.69) is 71.0 Å². The van der Waals surface area contributed by atoms with E-state index < -0.39 is 5.41 Å². The van der Waals surface area contributed by atoms with Crippen molar-refractivity contribution in [2.75, 3.05) is 33.0 Å². The first-order chi connectivity index (χ1) is 29.9. The van der Waals surface area contributed by atoms with Crippen molar-refractivity contribution in [3.8, 4) is 34.5 Å². The fourth-order valence-corrected chi connectivity index (χ4v) is 10.9. The van der Waals surface area contributed by atoms with Gasteiger partial charge in [0.1, 0.15) is 0 Å². The molecule has 0 atom stereocenters. The second-order valence-electron chi connectivity index (χ2n) is 18.9. The van der Waals surface area contributed by atoms with Gasteiger partial charge in [0.05, 0.1) is 38.4 Å². The van der Waals surface area contributed by atoms with Gasteiger partial charge >= 0.3 is 5.97 Å². The minimum Gasteiger partial charge on any atom is -0.490 e. The Balaban J connectivity index is 1.41. The molecular weight excluding hydrogens is 761 g/mol. The standard InChI is InChI=1S/C54H76O7/c1-6-11-16-21-56-47-29-41-42-30-48(57-22-17-12-7-2)50(59-24-19-14-9-4)32-44(42)46-34-52(61-53(55)54-35-38-26-39(36-54)28-40(27-38)37-54)51(60-25-20-15-10-5)33-45(46)43(41)31-49(47)58-23-18-13-8-3/h29-34,38-40H,6-28,35-37H2,1-5H3. The summed E-state index contributed by atoms with van der Waals surface area (Å²) < 4.78 is 39.7. The van der Waals surface area contributed by atoms with Gasteiger partial charge in [0.2, 0.25) is 0 Å². The quantitative estimate of drug-likeness (QED) is 0.0256. The molecule has 0 amide bonds. The third-order valence-corrected chi connectivity index (χ3v) is 13.8. The van der Waals surface area contributed by atoms with Gasteiger partial charge < -0.3 is 28.4 Å². The Labute approximate surface area is 366 Å². The highest BCUT2D eigenvalue weighted by molar-refractivity contribution is 6.27. The lowest BCUT2D eigenvalue weighted by Gasteiger charge is -2.55. The van der Waals surface area contributed by atoms with E-state index in [-0.39, 0.29) is 5.97 Å². The van der Waals surface area contributed by atoms with Crippen molar-refractivity contribution in [3.05, 3.63) is 36.4 Å². The molecule has 7 nitrogen and oxygen atoms in total. The fourth-order valence-electron chi connectivity index (χ4n) is 10.9. The van der Waals surface area contributed by atoms with E-state index in [1.54, 1.807) is 0 Å². The third kappa shape index (κ3) is 10.8. The Morgan fingerprint density at radius 3 is 0.918 bits per heavy atom. The van der Waals surface area contributed by atoms with Crippen molar-refractivity contribution in [2.24, 2.45) is 23.2 Å². The number of ether oxygens (including phenoxy) is 6. The normalized spacial score (nSPS) is 20.4. The van der Waals surface area contributed by atoms with Gasteiger partial charge in [0, 0.05) is 0 Å². The van der Waals surface area contributed by atoms with E-state index >= 15 is 0 Å². The van der Waals surface area contributed by atoms with Gasteiger partial charge in [-0.05, 0) is 157 Å². The second kappa shape index (κ2) is 22.0. The predicted octanol–water partition coefficient (Wildman–Crippen LogP) is 15.1. The summed E-state index contributed by atoms with van der Waals surface area (Å²) in [5.41, 5.74) is -0.393. The molecule has 0 N–H and O–H groups in total. The van der Waals surface area contributed by atoms with E-state index in [1.165, 1.54) is 19.3 Å². The summed E-state index contributed by atoms with van der Waals surface area (Å²) in [5.74, 6) is 6.04. The van der Waals surface area contributed by atoms with Crippen LogP contribution in [0.5, 0.6) is 34.5 Å². The van der Waals surface area contributed by atoms with Crippen molar-refractivity contribution in [1.29, 1.82) is 0 Å². The molecule has 4 bridgehead atoms. The fraction of sp³-hybridized carbons (Fsp3) is 0.648. The maximum Gasteiger partial charge on any atom is 0.317 e. The Hall–Kier alpha value is -3.87. The van der Waals surface area contributed by atoms with E-state index in [9.17, 15) is 4.79 Å². The first-order valence-corrected chi connectivity index (χ1v) is 24.8. The molecule has 0 saturated heterocycles. The third-order valence-electron chi connectivity index (χ3n) is 13.8. The molecule has 334 valence electrons. The molecule has 7 heteroatoms. The summed E-state index contributed by atoms with van der Waals surface area (Å²) in [4.78, 5) is 14.6. The lowest BCUT2D eigenvalue weighted by atomic mass is 9.49. The molecule has 4 aromatic carbocycles. The summed E-state index contributed by atoms with van der Waals surface area (Å²) in [5, 5.41) is 6.17. The molecule has 4 aliphatic rings. The number of unbranched alkanes of at least 4 members (excludes halogenated alkanes) is 10. The SMILES string of the molecule is CCCCCOc1cc2c3cc(OCCCCC)c(OCCCCC)cc3c3cc(OC(=O)C45CC6CC(CC(C6)C4)C5)c(OCCCCC)cc3c2cc1OCCCCC. The molecule has 0 radical (unpaired) electrons. The summed E-state index contributed by atoms with van der Waals surface area (Å²) >= 11 is 0. The van der Waals surface area contributed by atoms with E-state index in [1.807, 2.05) is 0 Å². The van der Waals surface area contributed by atoms with E-state index in [4.69, 9.17) is 28.4 Å². The maximum atomic E-state index is 14.6. The van der Waals surface area contributed by atoms with Crippen LogP contribution in [0.2, 0.25) is 0 Å². The van der Waals surface area contributed by atoms with Gasteiger partial charge in [-0.1, -0.05) is 98.8 Å². The van der Waals surface area contributed by atoms with Crippen molar-refractivity contribution >= 4 is 38.3 Å². The van der Waals surface area contributed by atoms with Crippen LogP contribution in [-0.4, -0.2) is 39.0 Å². The second-order valence-corrected chi connectivity index (χ2v) is 18.9. The molecule has 0 unspecified atom stereocenters. The molecule has 0 aliphatic heterocycles. The minimum absolute atomic E-state index is 0.0650. The number of esters is 1. The van der Waals surface area contributed by atoms with Crippen molar-refractivity contribution in [2.45, 2.75) is 169 Å². The highest BCUT2D eigenvalue weighted by atomic mass is 16.6. The van der Waals surface area contributed by atoms with Crippen molar-refractivity contribution in [1.82, 2.24) is 0 Å². The van der Waals surface area contributed by atoms with Crippen LogP contribution in [0.25, 0.3) is 32.3 Å². The number of hydrogen-bond donors (Lipinski definition) is 0. The number of carbonyl (C=O) groups is 1. The van der Waals surface area contributed by atoms with Crippen LogP contribution in [0, 0.1) is 23.2 Å². The zero-order valence-corrected chi connectivity index (χ0v) is 38.4. The van der Waals surface area contributed by atoms with Crippen LogP contribution < -0.4 is 28.4 Å². The summed E-state index contributed by atoms with van der Waals surface area (Å²) in [6, 6.07) is 12.9. The number of benzene rings is 4. The zero-order valence-electron chi connectivity index (χ0n) is 38.4. The molecule has 4 aliphatic carbocycles. The molecule has 0 aromatic heterocycles. The summed E-state index contributed by atoms with van der Waals surface area (Å²) in [6.45, 7) is 14.1. The average Bonchev–Trinajstić information content (AvgIpc) is 3.25. The average molecular weight is 837 g/mol. The van der Waals surface area contributed by atoms with Crippen LogP contribution in [0.15, 0.2) is 36.4 Å². The molecule has 4 saturated carbocycles. The molecule has 0 spiro atoms. The smallest absolute Gasteiger partial charge is 0.317 e. The van der Waals surface area contributed by atoms with Crippen molar-refractivity contribution < 1.29 is 33.2 Å².